The predicted octanol–water partition coefficient (Wildman–Crippen LogP) is 0.815. The van der Waals surface area contributed by atoms with Crippen LogP contribution in [0.1, 0.15) is 12.7 Å². The highest BCUT2D eigenvalue weighted by Gasteiger charge is 2.35. The number of carboxylic acid groups (broad SMARTS) is 1. The van der Waals surface area contributed by atoms with Gasteiger partial charge in [-0.05, 0) is 28.5 Å². The number of rotatable bonds is 4. The Morgan fingerprint density at radius 3 is 2.76 bits per heavy atom. The van der Waals surface area contributed by atoms with E-state index in [2.05, 4.69) is 20.4 Å². The summed E-state index contributed by atoms with van der Waals surface area (Å²) in [7, 11) is 0. The molecule has 0 aliphatic carbocycles. The van der Waals surface area contributed by atoms with E-state index in [9.17, 15) is 9.90 Å². The maximum absolute atomic E-state index is 11.2. The fraction of sp³-hybridized carbons (Fsp3) is 0.429. The Kier molecular flexibility index (Phi) is 3.66. The molecular formula is C14H17N5O2. The van der Waals surface area contributed by atoms with Gasteiger partial charge in [-0.15, -0.1) is 5.10 Å². The molecule has 3 rings (SSSR count). The first-order valence-electron chi connectivity index (χ1n) is 6.93. The zero-order valence-corrected chi connectivity index (χ0v) is 11.8. The van der Waals surface area contributed by atoms with Crippen LogP contribution in [0.2, 0.25) is 0 Å². The van der Waals surface area contributed by atoms with E-state index in [0.717, 1.165) is 18.1 Å². The number of tetrazole rings is 1. The lowest BCUT2D eigenvalue weighted by Gasteiger charge is -2.14. The van der Waals surface area contributed by atoms with Crippen LogP contribution in [0.3, 0.4) is 0 Å². The van der Waals surface area contributed by atoms with Crippen molar-refractivity contribution in [2.24, 2.45) is 11.8 Å². The van der Waals surface area contributed by atoms with Gasteiger partial charge in [0, 0.05) is 13.1 Å². The van der Waals surface area contributed by atoms with E-state index in [-0.39, 0.29) is 11.8 Å². The molecule has 0 saturated carbocycles. The zero-order chi connectivity index (χ0) is 14.8. The summed E-state index contributed by atoms with van der Waals surface area (Å²) in [6.45, 7) is 3.81. The molecule has 2 atom stereocenters. The molecule has 1 aromatic heterocycles. The van der Waals surface area contributed by atoms with Crippen LogP contribution in [0, 0.1) is 11.8 Å². The molecule has 1 aromatic carbocycles. The zero-order valence-electron chi connectivity index (χ0n) is 11.8. The van der Waals surface area contributed by atoms with Gasteiger partial charge in [0.25, 0.3) is 0 Å². The molecule has 7 nitrogen and oxygen atoms in total. The third-order valence-electron chi connectivity index (χ3n) is 3.91. The van der Waals surface area contributed by atoms with Gasteiger partial charge in [0.15, 0.2) is 5.82 Å². The third kappa shape index (κ3) is 2.78. The quantitative estimate of drug-likeness (QED) is 0.896. The summed E-state index contributed by atoms with van der Waals surface area (Å²) in [5, 5.41) is 21.0. The van der Waals surface area contributed by atoms with Gasteiger partial charge in [0.05, 0.1) is 18.2 Å². The fourth-order valence-corrected chi connectivity index (χ4v) is 2.79. The summed E-state index contributed by atoms with van der Waals surface area (Å²) in [5.41, 5.74) is 0.902. The second kappa shape index (κ2) is 5.61. The van der Waals surface area contributed by atoms with E-state index in [1.165, 1.54) is 0 Å². The topological polar surface area (TPSA) is 84.1 Å². The largest absolute Gasteiger partial charge is 0.481 e. The Bertz CT molecular complexity index is 627. The lowest BCUT2D eigenvalue weighted by molar-refractivity contribution is -0.142. The molecule has 2 aromatic rings. The maximum Gasteiger partial charge on any atom is 0.308 e. The molecule has 0 radical (unpaired) electrons. The number of para-hydroxylation sites is 1. The monoisotopic (exact) mass is 287 g/mol. The highest BCUT2D eigenvalue weighted by atomic mass is 16.4. The number of hydrogen-bond acceptors (Lipinski definition) is 5. The van der Waals surface area contributed by atoms with Gasteiger partial charge in [-0.1, -0.05) is 25.1 Å². The van der Waals surface area contributed by atoms with E-state index in [1.807, 2.05) is 37.3 Å². The van der Waals surface area contributed by atoms with Crippen LogP contribution >= 0.6 is 0 Å². The highest BCUT2D eigenvalue weighted by molar-refractivity contribution is 5.71. The summed E-state index contributed by atoms with van der Waals surface area (Å²) in [6.07, 6.45) is 0. The van der Waals surface area contributed by atoms with E-state index in [0.29, 0.717) is 13.1 Å². The summed E-state index contributed by atoms with van der Waals surface area (Å²) < 4.78 is 1.69. The van der Waals surface area contributed by atoms with Crippen LogP contribution in [0.4, 0.5) is 0 Å². The Hall–Kier alpha value is -2.28. The molecule has 7 heteroatoms. The van der Waals surface area contributed by atoms with E-state index < -0.39 is 5.97 Å². The fourth-order valence-electron chi connectivity index (χ4n) is 2.79. The normalized spacial score (nSPS) is 22.5. The minimum absolute atomic E-state index is 0.142. The van der Waals surface area contributed by atoms with Crippen LogP contribution in [-0.2, 0) is 11.3 Å². The van der Waals surface area contributed by atoms with Crippen LogP contribution in [0.25, 0.3) is 5.69 Å². The molecule has 1 fully saturated rings. The molecule has 1 aliphatic rings. The number of likely N-dealkylation sites (tertiary alicyclic amines) is 1. The predicted molar refractivity (Wildman–Crippen MR) is 74.7 cm³/mol. The summed E-state index contributed by atoms with van der Waals surface area (Å²) in [5.74, 6) is -0.179. The SMILES string of the molecule is CC1CN(Cc2nnnn2-c2ccccc2)CC1C(=O)O. The van der Waals surface area contributed by atoms with Crippen molar-refractivity contribution in [3.05, 3.63) is 36.2 Å². The van der Waals surface area contributed by atoms with Gasteiger partial charge in [0.1, 0.15) is 0 Å². The molecule has 0 amide bonds. The van der Waals surface area contributed by atoms with Crippen molar-refractivity contribution in [3.8, 4) is 5.69 Å². The number of carboxylic acids is 1. The highest BCUT2D eigenvalue weighted by Crippen LogP contribution is 2.24. The molecule has 2 heterocycles. The summed E-state index contributed by atoms with van der Waals surface area (Å²) in [6, 6.07) is 9.67. The minimum atomic E-state index is -0.729. The van der Waals surface area contributed by atoms with Gasteiger partial charge in [0.2, 0.25) is 0 Å². The Morgan fingerprint density at radius 2 is 2.10 bits per heavy atom. The van der Waals surface area contributed by atoms with Gasteiger partial charge >= 0.3 is 5.97 Å². The number of benzene rings is 1. The van der Waals surface area contributed by atoms with Crippen LogP contribution in [0.15, 0.2) is 30.3 Å². The third-order valence-corrected chi connectivity index (χ3v) is 3.91. The average Bonchev–Trinajstić information content (AvgIpc) is 3.07. The summed E-state index contributed by atoms with van der Waals surface area (Å²) in [4.78, 5) is 13.3. The van der Waals surface area contributed by atoms with Crippen molar-refractivity contribution in [1.29, 1.82) is 0 Å². The van der Waals surface area contributed by atoms with Gasteiger partial charge in [-0.3, -0.25) is 9.69 Å². The standard InChI is InChI=1S/C14H17N5O2/c1-10-7-18(8-12(10)14(20)21)9-13-15-16-17-19(13)11-5-3-2-4-6-11/h2-6,10,12H,7-9H2,1H3,(H,20,21). The average molecular weight is 287 g/mol. The van der Waals surface area contributed by atoms with Crippen molar-refractivity contribution in [1.82, 2.24) is 25.1 Å². The second-order valence-electron chi connectivity index (χ2n) is 5.46. The minimum Gasteiger partial charge on any atom is -0.481 e. The van der Waals surface area contributed by atoms with Crippen molar-refractivity contribution in [2.45, 2.75) is 13.5 Å². The van der Waals surface area contributed by atoms with Crippen LogP contribution < -0.4 is 0 Å². The van der Waals surface area contributed by atoms with Crippen molar-refractivity contribution < 1.29 is 9.90 Å². The van der Waals surface area contributed by atoms with E-state index in [4.69, 9.17) is 0 Å². The molecule has 2 unspecified atom stereocenters. The first-order chi connectivity index (χ1) is 10.1. The Labute approximate surface area is 122 Å². The second-order valence-corrected chi connectivity index (χ2v) is 5.46. The van der Waals surface area contributed by atoms with Crippen molar-refractivity contribution >= 4 is 5.97 Å². The molecular weight excluding hydrogens is 270 g/mol. The molecule has 0 spiro atoms. The molecule has 1 saturated heterocycles. The number of hydrogen-bond donors (Lipinski definition) is 1. The van der Waals surface area contributed by atoms with Crippen LogP contribution in [0.5, 0.6) is 0 Å². The smallest absolute Gasteiger partial charge is 0.308 e. The van der Waals surface area contributed by atoms with E-state index >= 15 is 0 Å². The lowest BCUT2D eigenvalue weighted by Crippen LogP contribution is -2.24. The van der Waals surface area contributed by atoms with Gasteiger partial charge in [-0.25, -0.2) is 0 Å². The van der Waals surface area contributed by atoms with Gasteiger partial charge in [-0.2, -0.15) is 4.68 Å². The van der Waals surface area contributed by atoms with Crippen molar-refractivity contribution in [2.75, 3.05) is 13.1 Å². The van der Waals surface area contributed by atoms with Crippen LogP contribution in [-0.4, -0.2) is 49.3 Å². The first kappa shape index (κ1) is 13.7. The lowest BCUT2D eigenvalue weighted by atomic mass is 9.99. The molecule has 0 bridgehead atoms. The van der Waals surface area contributed by atoms with Gasteiger partial charge < -0.3 is 5.11 Å². The molecule has 21 heavy (non-hydrogen) atoms. The molecule has 110 valence electrons. The van der Waals surface area contributed by atoms with E-state index in [1.54, 1.807) is 4.68 Å². The number of aliphatic carboxylic acids is 1. The number of carbonyl (C=O) groups is 1. The first-order valence-corrected chi connectivity index (χ1v) is 6.93. The Balaban J connectivity index is 1.76. The number of aromatic nitrogens is 4. The number of nitrogens with zero attached hydrogens (tertiary/aromatic N) is 5. The molecule has 1 aliphatic heterocycles. The molecule has 1 N–H and O–H groups in total. The van der Waals surface area contributed by atoms with Crippen molar-refractivity contribution in [3.63, 3.8) is 0 Å². The maximum atomic E-state index is 11.2. The summed E-state index contributed by atoms with van der Waals surface area (Å²) >= 11 is 0. The Morgan fingerprint density at radius 1 is 1.33 bits per heavy atom.